The van der Waals surface area contributed by atoms with Crippen LogP contribution in [0.1, 0.15) is 46.6 Å². The molecule has 1 N–H and O–H groups in total. The summed E-state index contributed by atoms with van der Waals surface area (Å²) in [7, 11) is 1.64. The Hall–Kier alpha value is -3.77. The van der Waals surface area contributed by atoms with Gasteiger partial charge in [0.2, 0.25) is 0 Å². The van der Waals surface area contributed by atoms with Gasteiger partial charge < -0.3 is 14.4 Å². The molecule has 0 fully saturated rings. The van der Waals surface area contributed by atoms with Gasteiger partial charge in [0, 0.05) is 22.7 Å². The Morgan fingerprint density at radius 2 is 1.66 bits per heavy atom. The molecule has 2 heterocycles. The molecule has 6 nitrogen and oxygen atoms in total. The Bertz CT molecular complexity index is 1320. The summed E-state index contributed by atoms with van der Waals surface area (Å²) in [5.41, 5.74) is 5.05. The van der Waals surface area contributed by atoms with Crippen molar-refractivity contribution in [3.63, 3.8) is 0 Å². The summed E-state index contributed by atoms with van der Waals surface area (Å²) in [4.78, 5) is 15.5. The molecule has 0 radical (unpaired) electrons. The van der Waals surface area contributed by atoms with E-state index in [-0.39, 0.29) is 11.9 Å². The van der Waals surface area contributed by atoms with Gasteiger partial charge in [0.05, 0.1) is 25.5 Å². The number of aromatic amines is 1. The molecule has 1 aliphatic heterocycles. The third-order valence-electron chi connectivity index (χ3n) is 6.16. The molecule has 1 amide bonds. The second kappa shape index (κ2) is 9.84. The van der Waals surface area contributed by atoms with Crippen LogP contribution in [0, 0.1) is 0 Å². The Labute approximate surface area is 209 Å². The van der Waals surface area contributed by atoms with Crippen LogP contribution in [0.25, 0.3) is 11.3 Å². The van der Waals surface area contributed by atoms with Crippen molar-refractivity contribution in [3.8, 4) is 22.8 Å². The van der Waals surface area contributed by atoms with Gasteiger partial charge in [-0.2, -0.15) is 5.10 Å². The number of hydrogen-bond donors (Lipinski definition) is 1. The number of nitrogens with one attached hydrogen (secondary N) is 1. The fraction of sp³-hybridized carbons (Fsp3) is 0.214. The fourth-order valence-electron chi connectivity index (χ4n) is 4.43. The number of amides is 1. The van der Waals surface area contributed by atoms with E-state index in [1.54, 1.807) is 7.11 Å². The number of carbonyl (C=O) groups is 1. The molecule has 1 unspecified atom stereocenters. The van der Waals surface area contributed by atoms with E-state index in [1.165, 1.54) is 0 Å². The van der Waals surface area contributed by atoms with Crippen LogP contribution in [0.4, 0.5) is 0 Å². The number of fused-ring (bicyclic) bond motifs is 1. The maximum atomic E-state index is 13.6. The van der Waals surface area contributed by atoms with Gasteiger partial charge in [-0.25, -0.2) is 0 Å². The summed E-state index contributed by atoms with van der Waals surface area (Å²) < 4.78 is 11.1. The van der Waals surface area contributed by atoms with Crippen LogP contribution < -0.4 is 9.47 Å². The highest BCUT2D eigenvalue weighted by atomic mass is 35.5. The summed E-state index contributed by atoms with van der Waals surface area (Å²) in [6.45, 7) is 3.19. The standard InChI is InChI=1S/C28H26ClN3O3/c1-3-16-35-23-14-8-20(9-15-23)27-24-25(19-6-12-22(34-2)13-7-19)30-31-26(24)28(33)32(27)17-18-4-10-21(29)11-5-18/h4-15,27H,3,16-17H2,1-2H3,(H,30,31). The first-order valence-electron chi connectivity index (χ1n) is 11.6. The van der Waals surface area contributed by atoms with Crippen LogP contribution in [-0.2, 0) is 6.54 Å². The van der Waals surface area contributed by atoms with E-state index in [9.17, 15) is 4.79 Å². The summed E-state index contributed by atoms with van der Waals surface area (Å²) in [6, 6.07) is 23.0. The van der Waals surface area contributed by atoms with Gasteiger partial charge in [0.1, 0.15) is 17.2 Å². The Morgan fingerprint density at radius 1 is 0.971 bits per heavy atom. The first kappa shape index (κ1) is 23.0. The second-order valence-electron chi connectivity index (χ2n) is 8.47. The zero-order chi connectivity index (χ0) is 24.4. The Morgan fingerprint density at radius 3 is 2.31 bits per heavy atom. The molecule has 35 heavy (non-hydrogen) atoms. The zero-order valence-electron chi connectivity index (χ0n) is 19.6. The van der Waals surface area contributed by atoms with Crippen molar-refractivity contribution < 1.29 is 14.3 Å². The normalized spacial score (nSPS) is 14.8. The van der Waals surface area contributed by atoms with Crippen LogP contribution in [0.3, 0.4) is 0 Å². The van der Waals surface area contributed by atoms with E-state index in [2.05, 4.69) is 17.1 Å². The average Bonchev–Trinajstić information content (AvgIpc) is 3.43. The number of ether oxygens (including phenoxy) is 2. The van der Waals surface area contributed by atoms with Gasteiger partial charge in [-0.15, -0.1) is 0 Å². The van der Waals surface area contributed by atoms with E-state index in [1.807, 2.05) is 77.7 Å². The van der Waals surface area contributed by atoms with Gasteiger partial charge in [0.15, 0.2) is 0 Å². The smallest absolute Gasteiger partial charge is 0.273 e. The minimum absolute atomic E-state index is 0.0847. The predicted octanol–water partition coefficient (Wildman–Crippen LogP) is 6.27. The molecule has 7 heteroatoms. The van der Waals surface area contributed by atoms with Gasteiger partial charge in [0.25, 0.3) is 5.91 Å². The SMILES string of the molecule is CCCOc1ccc(C2c3c(-c4ccc(OC)cc4)n[nH]c3C(=O)N2Cc2ccc(Cl)cc2)cc1. The summed E-state index contributed by atoms with van der Waals surface area (Å²) >= 11 is 6.08. The molecule has 0 saturated heterocycles. The van der Waals surface area contributed by atoms with Crippen LogP contribution in [-0.4, -0.2) is 34.7 Å². The molecular formula is C28H26ClN3O3. The summed E-state index contributed by atoms with van der Waals surface area (Å²) in [6.07, 6.45) is 0.942. The van der Waals surface area contributed by atoms with E-state index < -0.39 is 0 Å². The lowest BCUT2D eigenvalue weighted by atomic mass is 9.95. The van der Waals surface area contributed by atoms with E-state index in [0.29, 0.717) is 23.9 Å². The number of nitrogens with zero attached hydrogens (tertiary/aromatic N) is 2. The summed E-state index contributed by atoms with van der Waals surface area (Å²) in [5.74, 6) is 1.49. The molecule has 1 atom stereocenters. The predicted molar refractivity (Wildman–Crippen MR) is 136 cm³/mol. The minimum Gasteiger partial charge on any atom is -0.497 e. The van der Waals surface area contributed by atoms with Crippen molar-refractivity contribution >= 4 is 17.5 Å². The van der Waals surface area contributed by atoms with Crippen molar-refractivity contribution in [1.82, 2.24) is 15.1 Å². The van der Waals surface area contributed by atoms with Gasteiger partial charge >= 0.3 is 0 Å². The molecule has 1 aromatic heterocycles. The molecule has 0 spiro atoms. The van der Waals surface area contributed by atoms with Crippen molar-refractivity contribution in [1.29, 1.82) is 0 Å². The minimum atomic E-state index is -0.302. The van der Waals surface area contributed by atoms with E-state index >= 15 is 0 Å². The van der Waals surface area contributed by atoms with E-state index in [4.69, 9.17) is 21.1 Å². The monoisotopic (exact) mass is 487 g/mol. The molecule has 1 aliphatic rings. The Kier molecular flexibility index (Phi) is 6.47. The van der Waals surface area contributed by atoms with Crippen molar-refractivity contribution in [2.24, 2.45) is 0 Å². The Balaban J connectivity index is 1.57. The molecule has 0 bridgehead atoms. The first-order chi connectivity index (χ1) is 17.1. The highest BCUT2D eigenvalue weighted by molar-refractivity contribution is 6.30. The number of halogens is 1. The van der Waals surface area contributed by atoms with Gasteiger partial charge in [-0.05, 0) is 66.1 Å². The topological polar surface area (TPSA) is 67.5 Å². The van der Waals surface area contributed by atoms with Crippen LogP contribution in [0.15, 0.2) is 72.8 Å². The lowest BCUT2D eigenvalue weighted by Gasteiger charge is -2.26. The summed E-state index contributed by atoms with van der Waals surface area (Å²) in [5, 5.41) is 8.22. The molecule has 178 valence electrons. The molecule has 4 aromatic rings. The van der Waals surface area contributed by atoms with Crippen molar-refractivity contribution in [3.05, 3.63) is 100 Å². The number of aromatic nitrogens is 2. The van der Waals surface area contributed by atoms with E-state index in [0.717, 1.165) is 45.9 Å². The average molecular weight is 488 g/mol. The molecule has 0 aliphatic carbocycles. The van der Waals surface area contributed by atoms with Crippen LogP contribution >= 0.6 is 11.6 Å². The number of methoxy groups -OCH3 is 1. The fourth-order valence-corrected chi connectivity index (χ4v) is 4.55. The first-order valence-corrected chi connectivity index (χ1v) is 12.0. The third kappa shape index (κ3) is 4.49. The molecule has 5 rings (SSSR count). The lowest BCUT2D eigenvalue weighted by Crippen LogP contribution is -2.29. The maximum absolute atomic E-state index is 13.6. The highest BCUT2D eigenvalue weighted by Crippen LogP contribution is 2.44. The molecular weight excluding hydrogens is 462 g/mol. The molecule has 3 aromatic carbocycles. The van der Waals surface area contributed by atoms with Crippen LogP contribution in [0.2, 0.25) is 5.02 Å². The van der Waals surface area contributed by atoms with Gasteiger partial charge in [-0.1, -0.05) is 42.8 Å². The number of hydrogen-bond acceptors (Lipinski definition) is 4. The number of benzene rings is 3. The van der Waals surface area contributed by atoms with Gasteiger partial charge in [-0.3, -0.25) is 9.89 Å². The second-order valence-corrected chi connectivity index (χ2v) is 8.91. The van der Waals surface area contributed by atoms with Crippen molar-refractivity contribution in [2.45, 2.75) is 25.9 Å². The van der Waals surface area contributed by atoms with Crippen molar-refractivity contribution in [2.75, 3.05) is 13.7 Å². The number of carbonyl (C=O) groups excluding carboxylic acids is 1. The third-order valence-corrected chi connectivity index (χ3v) is 6.41. The highest BCUT2D eigenvalue weighted by Gasteiger charge is 2.42. The maximum Gasteiger partial charge on any atom is 0.273 e. The van der Waals surface area contributed by atoms with Crippen LogP contribution in [0.5, 0.6) is 11.5 Å². The zero-order valence-corrected chi connectivity index (χ0v) is 20.4. The molecule has 0 saturated carbocycles. The largest absolute Gasteiger partial charge is 0.497 e. The quantitative estimate of drug-likeness (QED) is 0.318. The number of rotatable bonds is 8. The lowest BCUT2D eigenvalue weighted by molar-refractivity contribution is 0.0730. The number of H-pyrrole nitrogens is 1.